The van der Waals surface area contributed by atoms with Crippen molar-refractivity contribution in [2.45, 2.75) is 19.3 Å². The first-order chi connectivity index (χ1) is 29.5. The van der Waals surface area contributed by atoms with E-state index in [4.69, 9.17) is 23.8 Å². The molecule has 1 aliphatic rings. The van der Waals surface area contributed by atoms with Gasteiger partial charge in [0, 0.05) is 55.7 Å². The molecule has 0 N–H and O–H groups in total. The number of fused-ring (bicyclic) bond motifs is 9. The smallest absolute Gasteiger partial charge is 0.164 e. The lowest BCUT2D eigenvalue weighted by atomic mass is 9.82. The van der Waals surface area contributed by atoms with Gasteiger partial charge in [-0.2, -0.15) is 0 Å². The fraction of sp³-hybridized carbons (Fsp3) is 0.0556. The van der Waals surface area contributed by atoms with Crippen molar-refractivity contribution < 1.29 is 8.83 Å². The Balaban J connectivity index is 1.05. The monoisotopic (exact) mass is 772 g/mol. The predicted molar refractivity (Wildman–Crippen MR) is 243 cm³/mol. The fourth-order valence-corrected chi connectivity index (χ4v) is 9.18. The van der Waals surface area contributed by atoms with Crippen molar-refractivity contribution in [1.29, 1.82) is 0 Å². The predicted octanol–water partition coefficient (Wildman–Crippen LogP) is 14.4. The molecule has 11 aromatic rings. The maximum absolute atomic E-state index is 6.75. The zero-order chi connectivity index (χ0) is 40.0. The van der Waals surface area contributed by atoms with Gasteiger partial charge in [-0.05, 0) is 76.9 Å². The van der Waals surface area contributed by atoms with Crippen LogP contribution in [-0.4, -0.2) is 15.0 Å². The van der Waals surface area contributed by atoms with Crippen LogP contribution in [0.15, 0.2) is 191 Å². The lowest BCUT2D eigenvalue weighted by Gasteiger charge is -2.28. The van der Waals surface area contributed by atoms with E-state index < -0.39 is 0 Å². The summed E-state index contributed by atoms with van der Waals surface area (Å²) < 4.78 is 13.2. The Morgan fingerprint density at radius 1 is 0.400 bits per heavy atom. The lowest BCUT2D eigenvalue weighted by molar-refractivity contribution is 0.660. The lowest BCUT2D eigenvalue weighted by Crippen LogP contribution is -2.16. The molecule has 1 aliphatic carbocycles. The fourth-order valence-electron chi connectivity index (χ4n) is 9.18. The molecule has 8 aromatic carbocycles. The summed E-state index contributed by atoms with van der Waals surface area (Å²) in [5.74, 6) is 1.81. The van der Waals surface area contributed by atoms with Crippen LogP contribution in [0.4, 0.5) is 17.1 Å². The summed E-state index contributed by atoms with van der Waals surface area (Å²) in [6.07, 6.45) is 0. The first kappa shape index (κ1) is 34.2. The molecule has 12 rings (SSSR count). The van der Waals surface area contributed by atoms with Gasteiger partial charge in [0.15, 0.2) is 17.5 Å². The van der Waals surface area contributed by atoms with Crippen molar-refractivity contribution in [3.8, 4) is 45.3 Å². The number of nitrogens with zero attached hydrogens (tertiary/aromatic N) is 4. The van der Waals surface area contributed by atoms with Gasteiger partial charge in [-0.15, -0.1) is 0 Å². The van der Waals surface area contributed by atoms with Gasteiger partial charge in [-0.25, -0.2) is 15.0 Å². The van der Waals surface area contributed by atoms with Gasteiger partial charge in [-0.3, -0.25) is 0 Å². The molecular weight excluding hydrogens is 737 g/mol. The maximum atomic E-state index is 6.75. The average molecular weight is 773 g/mol. The van der Waals surface area contributed by atoms with Crippen molar-refractivity contribution in [1.82, 2.24) is 15.0 Å². The van der Waals surface area contributed by atoms with Crippen LogP contribution in [0.2, 0.25) is 0 Å². The van der Waals surface area contributed by atoms with E-state index in [-0.39, 0.29) is 5.41 Å². The molecule has 0 bridgehead atoms. The second kappa shape index (κ2) is 13.1. The van der Waals surface area contributed by atoms with Gasteiger partial charge < -0.3 is 13.7 Å². The number of anilines is 3. The summed E-state index contributed by atoms with van der Waals surface area (Å²) in [5.41, 5.74) is 14.0. The number of para-hydroxylation sites is 1. The summed E-state index contributed by atoms with van der Waals surface area (Å²) in [6.45, 7) is 4.65. The summed E-state index contributed by atoms with van der Waals surface area (Å²) in [5, 5.41) is 4.20. The van der Waals surface area contributed by atoms with Crippen LogP contribution in [0.1, 0.15) is 25.0 Å². The molecule has 6 heteroatoms. The van der Waals surface area contributed by atoms with Crippen LogP contribution >= 0.6 is 0 Å². The van der Waals surface area contributed by atoms with Gasteiger partial charge in [0.1, 0.15) is 22.3 Å². The number of benzene rings is 8. The third-order valence-corrected chi connectivity index (χ3v) is 12.1. The zero-order valence-electron chi connectivity index (χ0n) is 32.9. The Morgan fingerprint density at radius 3 is 1.75 bits per heavy atom. The molecule has 0 fully saturated rings. The van der Waals surface area contributed by atoms with E-state index >= 15 is 0 Å². The SMILES string of the molecule is CC1(C)c2ccccc2-c2ccc(N(c3ccc4c(c3)oc3ccccc34)c3cccc4oc5cc(-c6nc(-c7ccccc7)nc(-c7ccccc7)n6)ccc5c34)cc21. The van der Waals surface area contributed by atoms with Crippen molar-refractivity contribution in [3.05, 3.63) is 193 Å². The number of rotatable bonds is 6. The van der Waals surface area contributed by atoms with Crippen molar-refractivity contribution >= 4 is 60.9 Å². The molecule has 3 heterocycles. The highest BCUT2D eigenvalue weighted by Gasteiger charge is 2.36. The standard InChI is InChI=1S/C54H36N4O2/c1-54(2)43-20-11-9-18-38(43)39-28-25-36(31-44(39)54)58(37-26-29-41-40-19-10-12-22-46(40)59-49(41)32-37)45-21-13-23-47-50(45)42-27-24-35(30-48(42)60-47)53-56-51(33-14-5-3-6-15-33)55-52(57-53)34-16-7-4-8-17-34/h3-32H,1-2H3. The van der Waals surface area contributed by atoms with Crippen LogP contribution in [-0.2, 0) is 5.41 Å². The molecule has 0 saturated heterocycles. The van der Waals surface area contributed by atoms with Gasteiger partial charge in [0.05, 0.1) is 11.1 Å². The number of aromatic nitrogens is 3. The molecule has 0 radical (unpaired) electrons. The molecule has 0 spiro atoms. The Morgan fingerprint density at radius 2 is 0.967 bits per heavy atom. The zero-order valence-corrected chi connectivity index (χ0v) is 32.9. The normalized spacial score (nSPS) is 13.0. The Labute approximate surface area is 346 Å². The third kappa shape index (κ3) is 5.31. The van der Waals surface area contributed by atoms with Gasteiger partial charge in [0.25, 0.3) is 0 Å². The summed E-state index contributed by atoms with van der Waals surface area (Å²) >= 11 is 0. The molecule has 3 aromatic heterocycles. The van der Waals surface area contributed by atoms with Crippen LogP contribution in [0.5, 0.6) is 0 Å². The molecule has 284 valence electrons. The Hall–Kier alpha value is -7.83. The van der Waals surface area contributed by atoms with E-state index in [0.29, 0.717) is 17.5 Å². The maximum Gasteiger partial charge on any atom is 0.164 e. The van der Waals surface area contributed by atoms with Crippen LogP contribution in [0.3, 0.4) is 0 Å². The van der Waals surface area contributed by atoms with E-state index in [1.54, 1.807) is 0 Å². The minimum Gasteiger partial charge on any atom is -0.456 e. The van der Waals surface area contributed by atoms with E-state index in [9.17, 15) is 0 Å². The van der Waals surface area contributed by atoms with Gasteiger partial charge >= 0.3 is 0 Å². The highest BCUT2D eigenvalue weighted by Crippen LogP contribution is 2.52. The highest BCUT2D eigenvalue weighted by atomic mass is 16.3. The number of furan rings is 2. The Bertz CT molecular complexity index is 3420. The average Bonchev–Trinajstić information content (AvgIpc) is 3.94. The highest BCUT2D eigenvalue weighted by molar-refractivity contribution is 6.14. The molecule has 0 atom stereocenters. The largest absolute Gasteiger partial charge is 0.456 e. The van der Waals surface area contributed by atoms with Crippen molar-refractivity contribution in [3.63, 3.8) is 0 Å². The van der Waals surface area contributed by atoms with Gasteiger partial charge in [0.2, 0.25) is 0 Å². The quantitative estimate of drug-likeness (QED) is 0.168. The van der Waals surface area contributed by atoms with E-state index in [1.807, 2.05) is 78.9 Å². The van der Waals surface area contributed by atoms with Crippen molar-refractivity contribution in [2.75, 3.05) is 4.90 Å². The summed E-state index contributed by atoms with van der Waals surface area (Å²) in [4.78, 5) is 17.2. The molecular formula is C54H36N4O2. The first-order valence-corrected chi connectivity index (χ1v) is 20.3. The van der Waals surface area contributed by atoms with E-state index in [2.05, 4.69) is 122 Å². The molecule has 6 nitrogen and oxygen atoms in total. The van der Waals surface area contributed by atoms with E-state index in [0.717, 1.165) is 77.6 Å². The number of hydrogen-bond donors (Lipinski definition) is 0. The molecule has 0 unspecified atom stereocenters. The summed E-state index contributed by atoms with van der Waals surface area (Å²) in [7, 11) is 0. The van der Waals surface area contributed by atoms with Crippen molar-refractivity contribution in [2.24, 2.45) is 0 Å². The van der Waals surface area contributed by atoms with E-state index in [1.165, 1.54) is 22.3 Å². The minimum absolute atomic E-state index is 0.170. The van der Waals surface area contributed by atoms with Crippen LogP contribution in [0, 0.1) is 0 Å². The minimum atomic E-state index is -0.170. The van der Waals surface area contributed by atoms with Crippen LogP contribution in [0.25, 0.3) is 89.2 Å². The molecule has 0 amide bonds. The summed E-state index contributed by atoms with van der Waals surface area (Å²) in [6, 6.07) is 63.1. The molecule has 60 heavy (non-hydrogen) atoms. The first-order valence-electron chi connectivity index (χ1n) is 20.3. The topological polar surface area (TPSA) is 68.2 Å². The number of hydrogen-bond acceptors (Lipinski definition) is 6. The van der Waals surface area contributed by atoms with Crippen LogP contribution < -0.4 is 4.90 Å². The molecule has 0 aliphatic heterocycles. The second-order valence-electron chi connectivity index (χ2n) is 16.0. The molecule has 0 saturated carbocycles. The second-order valence-corrected chi connectivity index (χ2v) is 16.0. The Kier molecular flexibility index (Phi) is 7.47. The van der Waals surface area contributed by atoms with Gasteiger partial charge in [-0.1, -0.05) is 135 Å². The third-order valence-electron chi connectivity index (χ3n) is 12.1.